The molecule has 2 rings (SSSR count). The van der Waals surface area contributed by atoms with Crippen molar-refractivity contribution in [3.63, 3.8) is 0 Å². The molecule has 4 unspecified atom stereocenters. The van der Waals surface area contributed by atoms with Crippen molar-refractivity contribution in [3.8, 4) is 0 Å². The molecule has 3 amide bonds. The Labute approximate surface area is 232 Å². The number of carboxylic acid groups (broad SMARTS) is 2. The van der Waals surface area contributed by atoms with Crippen LogP contribution in [0.3, 0.4) is 0 Å². The number of benzene rings is 1. The molecule has 0 radical (unpaired) electrons. The van der Waals surface area contributed by atoms with E-state index in [-0.39, 0.29) is 19.3 Å². The first-order valence-electron chi connectivity index (χ1n) is 13.3. The van der Waals surface area contributed by atoms with E-state index in [0.717, 1.165) is 16.5 Å². The van der Waals surface area contributed by atoms with E-state index in [1.54, 1.807) is 20.0 Å². The van der Waals surface area contributed by atoms with Gasteiger partial charge in [-0.05, 0) is 56.2 Å². The molecule has 2 aromatic rings. The van der Waals surface area contributed by atoms with Gasteiger partial charge in [-0.2, -0.15) is 0 Å². The van der Waals surface area contributed by atoms with Gasteiger partial charge in [0, 0.05) is 23.5 Å². The second kappa shape index (κ2) is 15.6. The maximum atomic E-state index is 13.2. The first-order chi connectivity index (χ1) is 18.9. The van der Waals surface area contributed by atoms with Gasteiger partial charge in [-0.25, -0.2) is 4.79 Å². The molecule has 0 bridgehead atoms. The number of nitrogens with one attached hydrogen (secondary N) is 4. The van der Waals surface area contributed by atoms with Crippen molar-refractivity contribution in [2.24, 2.45) is 17.4 Å². The Bertz CT molecular complexity index is 1180. The molecule has 13 nitrogen and oxygen atoms in total. The average molecular weight is 561 g/mol. The lowest BCUT2D eigenvalue weighted by atomic mass is 10.0. The number of fused-ring (bicyclic) bond motifs is 1. The number of para-hydroxylation sites is 1. The number of carbonyl (C=O) groups excluding carboxylic acids is 3. The molecule has 0 fully saturated rings. The van der Waals surface area contributed by atoms with E-state index in [0.29, 0.717) is 19.4 Å². The molecule has 0 saturated carbocycles. The number of amides is 3. The standard InChI is InChI=1S/C27H40N6O7/c1-15(2)23(26(38)32-21(27(39)40)9-5-6-12-28)33-25(37)20(10-11-22(34)35)31-24(36)18(29)13-16-14-30-19-8-4-3-7-17(16)19/h3-4,7-8,14-15,18,20-21,23,30H,5-6,9-13,28-29H2,1-2H3,(H,31,36)(H,32,38)(H,33,37)(H,34,35)(H,39,40). The summed E-state index contributed by atoms with van der Waals surface area (Å²) in [5.41, 5.74) is 13.3. The number of hydrogen-bond donors (Lipinski definition) is 8. The number of H-pyrrole nitrogens is 1. The minimum atomic E-state index is -1.29. The van der Waals surface area contributed by atoms with Gasteiger partial charge >= 0.3 is 11.9 Å². The van der Waals surface area contributed by atoms with E-state index in [4.69, 9.17) is 16.6 Å². The fraction of sp³-hybridized carbons (Fsp3) is 0.519. The molecule has 0 aliphatic heterocycles. The van der Waals surface area contributed by atoms with Crippen LogP contribution in [-0.4, -0.2) is 75.6 Å². The summed E-state index contributed by atoms with van der Waals surface area (Å²) in [6.07, 6.45) is 2.51. The monoisotopic (exact) mass is 560 g/mol. The van der Waals surface area contributed by atoms with Crippen molar-refractivity contribution in [1.82, 2.24) is 20.9 Å². The molecule has 0 aliphatic carbocycles. The average Bonchev–Trinajstić information content (AvgIpc) is 3.30. The molecule has 40 heavy (non-hydrogen) atoms. The van der Waals surface area contributed by atoms with Crippen molar-refractivity contribution < 1.29 is 34.2 Å². The molecular weight excluding hydrogens is 520 g/mol. The number of unbranched alkanes of at least 4 members (excludes halogenated alkanes) is 1. The predicted octanol–water partition coefficient (Wildman–Crippen LogP) is 0.227. The summed E-state index contributed by atoms with van der Waals surface area (Å²) in [4.78, 5) is 65.0. The Morgan fingerprint density at radius 2 is 1.57 bits per heavy atom. The lowest BCUT2D eigenvalue weighted by molar-refractivity contribution is -0.142. The molecule has 0 aliphatic rings. The normalized spacial score (nSPS) is 14.2. The van der Waals surface area contributed by atoms with Crippen LogP contribution in [0.15, 0.2) is 30.5 Å². The fourth-order valence-corrected chi connectivity index (χ4v) is 4.25. The third-order valence-electron chi connectivity index (χ3n) is 6.54. The topological polar surface area (TPSA) is 230 Å². The highest BCUT2D eigenvalue weighted by Gasteiger charge is 2.32. The molecule has 0 saturated heterocycles. The van der Waals surface area contributed by atoms with Gasteiger partial charge in [0.25, 0.3) is 0 Å². The zero-order valence-corrected chi connectivity index (χ0v) is 22.8. The number of carboxylic acids is 2. The van der Waals surface area contributed by atoms with Gasteiger partial charge in [0.1, 0.15) is 18.1 Å². The Balaban J connectivity index is 2.11. The van der Waals surface area contributed by atoms with E-state index in [9.17, 15) is 29.1 Å². The van der Waals surface area contributed by atoms with Gasteiger partial charge < -0.3 is 42.6 Å². The van der Waals surface area contributed by atoms with Crippen LogP contribution in [0.1, 0.15) is 51.5 Å². The first kappa shape index (κ1) is 32.2. The number of aromatic amines is 1. The largest absolute Gasteiger partial charge is 0.481 e. The van der Waals surface area contributed by atoms with Gasteiger partial charge in [0.2, 0.25) is 17.7 Å². The molecule has 10 N–H and O–H groups in total. The highest BCUT2D eigenvalue weighted by atomic mass is 16.4. The van der Waals surface area contributed by atoms with Crippen LogP contribution in [0, 0.1) is 5.92 Å². The summed E-state index contributed by atoms with van der Waals surface area (Å²) in [5, 5.41) is 27.1. The van der Waals surface area contributed by atoms with Crippen LogP contribution in [0.25, 0.3) is 10.9 Å². The Morgan fingerprint density at radius 1 is 0.900 bits per heavy atom. The van der Waals surface area contributed by atoms with Crippen LogP contribution in [0.4, 0.5) is 0 Å². The number of aliphatic carboxylic acids is 2. The third kappa shape index (κ3) is 9.65. The van der Waals surface area contributed by atoms with E-state index < -0.39 is 66.2 Å². The number of aromatic nitrogens is 1. The smallest absolute Gasteiger partial charge is 0.326 e. The quantitative estimate of drug-likeness (QED) is 0.124. The molecular formula is C27H40N6O7. The van der Waals surface area contributed by atoms with E-state index in [2.05, 4.69) is 20.9 Å². The van der Waals surface area contributed by atoms with Crippen LogP contribution >= 0.6 is 0 Å². The molecule has 220 valence electrons. The minimum absolute atomic E-state index is 0.168. The Hall–Kier alpha value is -3.97. The summed E-state index contributed by atoms with van der Waals surface area (Å²) in [5.74, 6) is -4.97. The SMILES string of the molecule is CC(C)C(NC(=O)C(CCC(=O)O)NC(=O)C(N)Cc1c[nH]c2ccccc12)C(=O)NC(CCCCN)C(=O)O. The summed E-state index contributed by atoms with van der Waals surface area (Å²) in [6, 6.07) is 2.89. The van der Waals surface area contributed by atoms with Gasteiger partial charge in [-0.15, -0.1) is 0 Å². The van der Waals surface area contributed by atoms with Crippen LogP contribution in [0.5, 0.6) is 0 Å². The molecule has 1 heterocycles. The maximum absolute atomic E-state index is 13.2. The van der Waals surface area contributed by atoms with E-state index >= 15 is 0 Å². The van der Waals surface area contributed by atoms with Crippen molar-refractivity contribution in [1.29, 1.82) is 0 Å². The van der Waals surface area contributed by atoms with Gasteiger partial charge in [0.05, 0.1) is 6.04 Å². The summed E-state index contributed by atoms with van der Waals surface area (Å²) in [7, 11) is 0. The lowest BCUT2D eigenvalue weighted by Gasteiger charge is -2.27. The van der Waals surface area contributed by atoms with Crippen molar-refractivity contribution in [3.05, 3.63) is 36.0 Å². The number of nitrogens with two attached hydrogens (primary N) is 2. The van der Waals surface area contributed by atoms with Gasteiger partial charge in [0.15, 0.2) is 0 Å². The predicted molar refractivity (Wildman–Crippen MR) is 148 cm³/mol. The van der Waals surface area contributed by atoms with Crippen molar-refractivity contribution in [2.75, 3.05) is 6.54 Å². The summed E-state index contributed by atoms with van der Waals surface area (Å²) >= 11 is 0. The maximum Gasteiger partial charge on any atom is 0.326 e. The number of rotatable bonds is 17. The Kier molecular flexibility index (Phi) is 12.6. The number of hydrogen-bond acceptors (Lipinski definition) is 7. The van der Waals surface area contributed by atoms with Crippen molar-refractivity contribution in [2.45, 2.75) is 76.5 Å². The Morgan fingerprint density at radius 3 is 2.20 bits per heavy atom. The first-order valence-corrected chi connectivity index (χ1v) is 13.3. The summed E-state index contributed by atoms with van der Waals surface area (Å²) in [6.45, 7) is 3.72. The van der Waals surface area contributed by atoms with Crippen molar-refractivity contribution >= 4 is 40.6 Å². The minimum Gasteiger partial charge on any atom is -0.481 e. The lowest BCUT2D eigenvalue weighted by Crippen LogP contribution is -2.58. The third-order valence-corrected chi connectivity index (χ3v) is 6.54. The summed E-state index contributed by atoms with van der Waals surface area (Å²) < 4.78 is 0. The second-order valence-corrected chi connectivity index (χ2v) is 10.1. The van der Waals surface area contributed by atoms with Crippen LogP contribution < -0.4 is 27.4 Å². The fourth-order valence-electron chi connectivity index (χ4n) is 4.25. The number of carbonyl (C=O) groups is 5. The van der Waals surface area contributed by atoms with E-state index in [1.165, 1.54) is 0 Å². The molecule has 1 aromatic heterocycles. The molecule has 13 heteroatoms. The second-order valence-electron chi connectivity index (χ2n) is 10.1. The molecule has 4 atom stereocenters. The zero-order chi connectivity index (χ0) is 29.8. The highest BCUT2D eigenvalue weighted by molar-refractivity contribution is 5.94. The van der Waals surface area contributed by atoms with E-state index in [1.807, 2.05) is 24.3 Å². The zero-order valence-electron chi connectivity index (χ0n) is 22.8. The highest BCUT2D eigenvalue weighted by Crippen LogP contribution is 2.19. The van der Waals surface area contributed by atoms with Crippen LogP contribution in [0.2, 0.25) is 0 Å². The van der Waals surface area contributed by atoms with Crippen LogP contribution in [-0.2, 0) is 30.4 Å². The van der Waals surface area contributed by atoms with Gasteiger partial charge in [-0.1, -0.05) is 32.0 Å². The molecule has 0 spiro atoms. The molecule has 1 aromatic carbocycles. The van der Waals surface area contributed by atoms with Gasteiger partial charge in [-0.3, -0.25) is 19.2 Å².